The van der Waals surface area contributed by atoms with E-state index in [1.807, 2.05) is 0 Å². The zero-order valence-electron chi connectivity index (χ0n) is 12.8. The van der Waals surface area contributed by atoms with Crippen molar-refractivity contribution in [1.29, 1.82) is 0 Å². The van der Waals surface area contributed by atoms with Gasteiger partial charge in [-0.1, -0.05) is 13.8 Å². The second-order valence-electron chi connectivity index (χ2n) is 5.59. The number of carboxylic acid groups (broad SMARTS) is 1. The molecule has 21 heavy (non-hydrogen) atoms. The molecule has 1 heterocycles. The SMILES string of the molecule is CC(C)CCOCCNC(=O)NCC1CCC(C(=O)O)O1. The monoisotopic (exact) mass is 302 g/mol. The van der Waals surface area contributed by atoms with Crippen molar-refractivity contribution in [3.05, 3.63) is 0 Å². The topological polar surface area (TPSA) is 96.9 Å². The largest absolute Gasteiger partial charge is 0.479 e. The van der Waals surface area contributed by atoms with Gasteiger partial charge in [0.25, 0.3) is 0 Å². The van der Waals surface area contributed by atoms with Gasteiger partial charge in [0, 0.05) is 19.7 Å². The van der Waals surface area contributed by atoms with Gasteiger partial charge in [0.2, 0.25) is 0 Å². The van der Waals surface area contributed by atoms with Crippen LogP contribution in [0.2, 0.25) is 0 Å². The van der Waals surface area contributed by atoms with E-state index in [9.17, 15) is 9.59 Å². The van der Waals surface area contributed by atoms with E-state index in [0.29, 0.717) is 45.1 Å². The predicted octanol–water partition coefficient (Wildman–Crippen LogP) is 0.981. The van der Waals surface area contributed by atoms with Crippen LogP contribution in [-0.2, 0) is 14.3 Å². The average Bonchev–Trinajstić information content (AvgIpc) is 2.89. The first-order chi connectivity index (χ1) is 9.99. The summed E-state index contributed by atoms with van der Waals surface area (Å²) in [6.45, 7) is 6.23. The Morgan fingerprint density at radius 3 is 2.67 bits per heavy atom. The minimum atomic E-state index is -0.944. The van der Waals surface area contributed by atoms with Gasteiger partial charge in [-0.15, -0.1) is 0 Å². The van der Waals surface area contributed by atoms with E-state index in [0.717, 1.165) is 6.42 Å². The average molecular weight is 302 g/mol. The fourth-order valence-electron chi connectivity index (χ4n) is 1.96. The van der Waals surface area contributed by atoms with Crippen molar-refractivity contribution in [2.24, 2.45) is 5.92 Å². The summed E-state index contributed by atoms with van der Waals surface area (Å²) >= 11 is 0. The van der Waals surface area contributed by atoms with E-state index < -0.39 is 12.1 Å². The molecule has 0 spiro atoms. The highest BCUT2D eigenvalue weighted by Gasteiger charge is 2.30. The molecule has 7 heteroatoms. The summed E-state index contributed by atoms with van der Waals surface area (Å²) in [5, 5.41) is 14.1. The van der Waals surface area contributed by atoms with Crippen LogP contribution in [0.4, 0.5) is 4.79 Å². The molecule has 3 N–H and O–H groups in total. The maximum Gasteiger partial charge on any atom is 0.332 e. The van der Waals surface area contributed by atoms with Crippen LogP contribution in [0.1, 0.15) is 33.1 Å². The molecule has 0 radical (unpaired) electrons. The molecular weight excluding hydrogens is 276 g/mol. The summed E-state index contributed by atoms with van der Waals surface area (Å²) in [6, 6.07) is -0.287. The van der Waals surface area contributed by atoms with Gasteiger partial charge in [0.1, 0.15) is 0 Å². The van der Waals surface area contributed by atoms with Crippen molar-refractivity contribution in [3.63, 3.8) is 0 Å². The maximum absolute atomic E-state index is 11.5. The van der Waals surface area contributed by atoms with Crippen molar-refractivity contribution in [2.45, 2.75) is 45.3 Å². The van der Waals surface area contributed by atoms with E-state index in [1.165, 1.54) is 0 Å². The van der Waals surface area contributed by atoms with E-state index in [4.69, 9.17) is 14.6 Å². The van der Waals surface area contributed by atoms with Gasteiger partial charge in [-0.25, -0.2) is 9.59 Å². The molecule has 2 amide bonds. The normalized spacial score (nSPS) is 21.5. The first kappa shape index (κ1) is 17.7. The van der Waals surface area contributed by atoms with E-state index >= 15 is 0 Å². The molecule has 0 aromatic heterocycles. The Morgan fingerprint density at radius 2 is 2.05 bits per heavy atom. The van der Waals surface area contributed by atoms with Crippen molar-refractivity contribution >= 4 is 12.0 Å². The van der Waals surface area contributed by atoms with Crippen molar-refractivity contribution in [1.82, 2.24) is 10.6 Å². The highest BCUT2D eigenvalue weighted by molar-refractivity contribution is 5.74. The number of aliphatic carboxylic acids is 1. The van der Waals surface area contributed by atoms with Gasteiger partial charge in [0.05, 0.1) is 12.7 Å². The van der Waals surface area contributed by atoms with Crippen molar-refractivity contribution in [2.75, 3.05) is 26.3 Å². The van der Waals surface area contributed by atoms with Gasteiger partial charge in [-0.05, 0) is 25.2 Å². The Kier molecular flexibility index (Phi) is 8.07. The fourth-order valence-corrected chi connectivity index (χ4v) is 1.96. The molecule has 2 unspecified atom stereocenters. The lowest BCUT2D eigenvalue weighted by Crippen LogP contribution is -2.41. The highest BCUT2D eigenvalue weighted by Crippen LogP contribution is 2.18. The third-order valence-electron chi connectivity index (χ3n) is 3.24. The smallest absolute Gasteiger partial charge is 0.332 e. The molecule has 2 atom stereocenters. The van der Waals surface area contributed by atoms with E-state index in [2.05, 4.69) is 24.5 Å². The highest BCUT2D eigenvalue weighted by atomic mass is 16.5. The molecule has 1 fully saturated rings. The number of hydrogen-bond acceptors (Lipinski definition) is 4. The standard InChI is InChI=1S/C14H26N2O5/c1-10(2)5-7-20-8-6-15-14(19)16-9-11-3-4-12(21-11)13(17)18/h10-12H,3-9H2,1-2H3,(H,17,18)(H2,15,16,19). The third-order valence-corrected chi connectivity index (χ3v) is 3.24. The molecule has 1 rings (SSSR count). The second kappa shape index (κ2) is 9.57. The molecule has 122 valence electrons. The fraction of sp³-hybridized carbons (Fsp3) is 0.857. The van der Waals surface area contributed by atoms with Gasteiger partial charge in [0.15, 0.2) is 6.10 Å². The van der Waals surface area contributed by atoms with Crippen LogP contribution in [0.25, 0.3) is 0 Å². The molecule has 0 bridgehead atoms. The molecule has 0 aromatic carbocycles. The summed E-state index contributed by atoms with van der Waals surface area (Å²) in [4.78, 5) is 22.2. The Balaban J connectivity index is 1.98. The van der Waals surface area contributed by atoms with Crippen LogP contribution in [0.5, 0.6) is 0 Å². The van der Waals surface area contributed by atoms with Gasteiger partial charge < -0.3 is 25.2 Å². The van der Waals surface area contributed by atoms with Crippen LogP contribution in [0.3, 0.4) is 0 Å². The van der Waals surface area contributed by atoms with Crippen LogP contribution in [0, 0.1) is 5.92 Å². The predicted molar refractivity (Wildman–Crippen MR) is 77.2 cm³/mol. The van der Waals surface area contributed by atoms with E-state index in [1.54, 1.807) is 0 Å². The molecule has 0 aromatic rings. The van der Waals surface area contributed by atoms with Gasteiger partial charge in [-0.3, -0.25) is 0 Å². The summed E-state index contributed by atoms with van der Waals surface area (Å²) in [5.74, 6) is -0.331. The number of rotatable bonds is 9. The molecular formula is C14H26N2O5. The lowest BCUT2D eigenvalue weighted by Gasteiger charge is -2.13. The number of hydrogen-bond donors (Lipinski definition) is 3. The number of urea groups is 1. The molecule has 0 saturated carbocycles. The lowest BCUT2D eigenvalue weighted by atomic mass is 10.1. The Bertz CT molecular complexity index is 335. The summed E-state index contributed by atoms with van der Waals surface area (Å²) in [7, 11) is 0. The van der Waals surface area contributed by atoms with Crippen LogP contribution in [0.15, 0.2) is 0 Å². The van der Waals surface area contributed by atoms with Crippen molar-refractivity contribution in [3.8, 4) is 0 Å². The number of ether oxygens (including phenoxy) is 2. The van der Waals surface area contributed by atoms with Gasteiger partial charge in [-0.2, -0.15) is 0 Å². The minimum Gasteiger partial charge on any atom is -0.479 e. The Hall–Kier alpha value is -1.34. The third kappa shape index (κ3) is 7.87. The van der Waals surface area contributed by atoms with Crippen molar-refractivity contribution < 1.29 is 24.2 Å². The number of nitrogens with one attached hydrogen (secondary N) is 2. The van der Waals surface area contributed by atoms with Crippen LogP contribution >= 0.6 is 0 Å². The van der Waals surface area contributed by atoms with Crippen LogP contribution in [-0.4, -0.2) is 55.6 Å². The Labute approximate surface area is 125 Å². The molecule has 0 aliphatic carbocycles. The summed E-state index contributed by atoms with van der Waals surface area (Å²) in [6.07, 6.45) is 1.19. The second-order valence-corrected chi connectivity index (χ2v) is 5.59. The number of carbonyl (C=O) groups is 2. The lowest BCUT2D eigenvalue weighted by molar-refractivity contribution is -0.149. The summed E-state index contributed by atoms with van der Waals surface area (Å²) < 4.78 is 10.7. The molecule has 1 aliphatic heterocycles. The first-order valence-electron chi connectivity index (χ1n) is 7.46. The first-order valence-corrected chi connectivity index (χ1v) is 7.46. The zero-order chi connectivity index (χ0) is 15.7. The number of amides is 2. The molecule has 1 aliphatic rings. The number of carbonyl (C=O) groups excluding carboxylic acids is 1. The molecule has 7 nitrogen and oxygen atoms in total. The van der Waals surface area contributed by atoms with Gasteiger partial charge >= 0.3 is 12.0 Å². The minimum absolute atomic E-state index is 0.223. The summed E-state index contributed by atoms with van der Waals surface area (Å²) in [5.41, 5.74) is 0. The quantitative estimate of drug-likeness (QED) is 0.552. The zero-order valence-corrected chi connectivity index (χ0v) is 12.8. The Morgan fingerprint density at radius 1 is 1.29 bits per heavy atom. The maximum atomic E-state index is 11.5. The molecule has 1 saturated heterocycles. The van der Waals surface area contributed by atoms with E-state index in [-0.39, 0.29) is 12.1 Å². The number of carboxylic acids is 1. The van der Waals surface area contributed by atoms with Crippen LogP contribution < -0.4 is 10.6 Å².